The molecule has 1 aliphatic carbocycles. The van der Waals surface area contributed by atoms with Crippen LogP contribution < -0.4 is 10.5 Å². The van der Waals surface area contributed by atoms with Gasteiger partial charge >= 0.3 is 0 Å². The number of pyridine rings is 1. The van der Waals surface area contributed by atoms with Crippen molar-refractivity contribution in [3.8, 4) is 22.8 Å². The maximum Gasteiger partial charge on any atom is 0.137 e. The van der Waals surface area contributed by atoms with Crippen LogP contribution in [0.1, 0.15) is 18.9 Å². The molecule has 0 saturated heterocycles. The molecule has 5 rings (SSSR count). The molecule has 2 aromatic heterocycles. The van der Waals surface area contributed by atoms with E-state index in [9.17, 15) is 4.79 Å². The lowest BCUT2D eigenvalue weighted by molar-refractivity contribution is -0.126. The summed E-state index contributed by atoms with van der Waals surface area (Å²) < 4.78 is 7.78. The lowest BCUT2D eigenvalue weighted by atomic mass is 9.91. The van der Waals surface area contributed by atoms with Crippen molar-refractivity contribution in [2.75, 3.05) is 5.73 Å². The predicted molar refractivity (Wildman–Crippen MR) is 107 cm³/mol. The third-order valence-electron chi connectivity index (χ3n) is 5.03. The van der Waals surface area contributed by atoms with Gasteiger partial charge in [0.25, 0.3) is 0 Å². The molecule has 0 aliphatic heterocycles. The van der Waals surface area contributed by atoms with Gasteiger partial charge in [-0.15, -0.1) is 0 Å². The highest BCUT2D eigenvalue weighted by molar-refractivity contribution is 6.00. The monoisotopic (exact) mass is 370 g/mol. The molecule has 1 aliphatic rings. The lowest BCUT2D eigenvalue weighted by Gasteiger charge is -2.25. The van der Waals surface area contributed by atoms with Gasteiger partial charge in [0.2, 0.25) is 0 Å². The molecular weight excluding hydrogens is 352 g/mol. The van der Waals surface area contributed by atoms with Crippen molar-refractivity contribution in [3.63, 3.8) is 0 Å². The second-order valence-electron chi connectivity index (χ2n) is 6.92. The largest absolute Gasteiger partial charge is 0.457 e. The van der Waals surface area contributed by atoms with Gasteiger partial charge in [0, 0.05) is 24.6 Å². The van der Waals surface area contributed by atoms with Crippen molar-refractivity contribution in [2.24, 2.45) is 0 Å². The van der Waals surface area contributed by atoms with E-state index < -0.39 is 0 Å². The van der Waals surface area contributed by atoms with Gasteiger partial charge in [-0.2, -0.15) is 5.10 Å². The van der Waals surface area contributed by atoms with E-state index in [1.54, 1.807) is 6.20 Å². The van der Waals surface area contributed by atoms with Gasteiger partial charge in [-0.25, -0.2) is 4.98 Å². The second kappa shape index (κ2) is 6.49. The number of anilines is 1. The van der Waals surface area contributed by atoms with Gasteiger partial charge in [0.15, 0.2) is 0 Å². The molecule has 4 aromatic rings. The minimum Gasteiger partial charge on any atom is -0.457 e. The van der Waals surface area contributed by atoms with Crippen molar-refractivity contribution < 1.29 is 9.53 Å². The van der Waals surface area contributed by atoms with Crippen molar-refractivity contribution in [1.82, 2.24) is 14.8 Å². The maximum atomic E-state index is 11.5. The van der Waals surface area contributed by atoms with Crippen LogP contribution in [0.25, 0.3) is 22.2 Å². The molecule has 2 N–H and O–H groups in total. The zero-order chi connectivity index (χ0) is 19.1. The summed E-state index contributed by atoms with van der Waals surface area (Å²) in [7, 11) is 0. The average Bonchev–Trinajstić information content (AvgIpc) is 3.07. The van der Waals surface area contributed by atoms with E-state index >= 15 is 0 Å². The van der Waals surface area contributed by atoms with E-state index in [1.165, 1.54) is 0 Å². The van der Waals surface area contributed by atoms with Crippen LogP contribution in [0, 0.1) is 0 Å². The van der Waals surface area contributed by atoms with E-state index in [4.69, 9.17) is 15.6 Å². The van der Waals surface area contributed by atoms with E-state index in [-0.39, 0.29) is 11.8 Å². The first kappa shape index (κ1) is 16.5. The fraction of sp³-hybridized carbons (Fsp3) is 0.136. The first-order valence-corrected chi connectivity index (χ1v) is 9.17. The number of nitrogens with zero attached hydrogens (tertiary/aromatic N) is 3. The van der Waals surface area contributed by atoms with Crippen molar-refractivity contribution >= 4 is 22.5 Å². The summed E-state index contributed by atoms with van der Waals surface area (Å²) in [5.41, 5.74) is 8.77. The highest BCUT2D eigenvalue weighted by Gasteiger charge is 2.31. The third-order valence-corrected chi connectivity index (χ3v) is 5.03. The molecule has 0 atom stereocenters. The van der Waals surface area contributed by atoms with E-state index in [1.807, 2.05) is 65.3 Å². The molecule has 2 aromatic carbocycles. The molecule has 0 bridgehead atoms. The zero-order valence-electron chi connectivity index (χ0n) is 15.1. The lowest BCUT2D eigenvalue weighted by Crippen LogP contribution is -2.27. The Morgan fingerprint density at radius 1 is 0.964 bits per heavy atom. The van der Waals surface area contributed by atoms with E-state index in [0.717, 1.165) is 33.7 Å². The molecule has 2 heterocycles. The van der Waals surface area contributed by atoms with Gasteiger partial charge in [0.05, 0.1) is 16.9 Å². The van der Waals surface area contributed by atoms with Crippen molar-refractivity contribution in [1.29, 1.82) is 0 Å². The van der Waals surface area contributed by atoms with Crippen LogP contribution in [0.4, 0.5) is 5.82 Å². The van der Waals surface area contributed by atoms with Gasteiger partial charge in [-0.05, 0) is 42.5 Å². The van der Waals surface area contributed by atoms with Crippen LogP contribution in [0.5, 0.6) is 11.5 Å². The molecule has 1 saturated carbocycles. The van der Waals surface area contributed by atoms with E-state index in [0.29, 0.717) is 18.7 Å². The van der Waals surface area contributed by atoms with Crippen molar-refractivity contribution in [2.45, 2.75) is 18.9 Å². The molecule has 0 unspecified atom stereocenters. The molecule has 0 radical (unpaired) electrons. The number of carbonyl (C=O) groups is 1. The Labute approximate surface area is 161 Å². The number of para-hydroxylation sites is 1. The number of nitrogens with two attached hydrogens (primary N) is 1. The van der Waals surface area contributed by atoms with Crippen molar-refractivity contribution in [3.05, 3.63) is 66.9 Å². The fourth-order valence-electron chi connectivity index (χ4n) is 3.54. The number of aromatic nitrogens is 3. The number of Topliss-reactive ketones (excluding diaryl/α,β-unsaturated/α-hetero) is 1. The number of hydrogen-bond acceptors (Lipinski definition) is 5. The summed E-state index contributed by atoms with van der Waals surface area (Å²) >= 11 is 0. The number of fused-ring (bicyclic) bond motifs is 1. The molecule has 28 heavy (non-hydrogen) atoms. The zero-order valence-corrected chi connectivity index (χ0v) is 15.1. The SMILES string of the molecule is Nc1nccc2c1c(-c1ccc(Oc3ccccc3)cc1)nn2C1CC(=O)C1. The van der Waals surface area contributed by atoms with Gasteiger partial charge in [-0.3, -0.25) is 9.48 Å². The van der Waals surface area contributed by atoms with Gasteiger partial charge in [0.1, 0.15) is 28.8 Å². The Balaban J connectivity index is 1.53. The average molecular weight is 370 g/mol. The van der Waals surface area contributed by atoms with Crippen LogP contribution in [0.3, 0.4) is 0 Å². The standard InChI is InChI=1S/C22H18N4O2/c23-22-20-19(10-11-24-22)26(15-12-16(27)13-15)25-21(20)14-6-8-18(9-7-14)28-17-4-2-1-3-5-17/h1-11,15H,12-13H2,(H2,23,24). The quantitative estimate of drug-likeness (QED) is 0.576. The molecule has 0 amide bonds. The first-order valence-electron chi connectivity index (χ1n) is 9.17. The molecular formula is C22H18N4O2. The summed E-state index contributed by atoms with van der Waals surface area (Å²) in [6, 6.07) is 19.4. The maximum absolute atomic E-state index is 11.5. The Hall–Kier alpha value is -3.67. The number of carbonyl (C=O) groups excluding carboxylic acids is 1. The summed E-state index contributed by atoms with van der Waals surface area (Å²) in [5.74, 6) is 2.23. The highest BCUT2D eigenvalue weighted by Crippen LogP contribution is 2.37. The normalized spacial score (nSPS) is 14.2. The number of nitrogen functional groups attached to an aromatic ring is 1. The summed E-state index contributed by atoms with van der Waals surface area (Å²) in [6.45, 7) is 0. The Bertz CT molecular complexity index is 1160. The number of ether oxygens (including phenoxy) is 1. The Morgan fingerprint density at radius 3 is 2.39 bits per heavy atom. The molecule has 1 fully saturated rings. The highest BCUT2D eigenvalue weighted by atomic mass is 16.5. The number of rotatable bonds is 4. The molecule has 6 nitrogen and oxygen atoms in total. The van der Waals surface area contributed by atoms with E-state index in [2.05, 4.69) is 4.98 Å². The van der Waals surface area contributed by atoms with Crippen LogP contribution >= 0.6 is 0 Å². The first-order chi connectivity index (χ1) is 13.7. The van der Waals surface area contributed by atoms with Gasteiger partial charge in [-0.1, -0.05) is 18.2 Å². The predicted octanol–water partition coefficient (Wildman–Crippen LogP) is 4.38. The number of ketones is 1. The molecule has 6 heteroatoms. The summed E-state index contributed by atoms with van der Waals surface area (Å²) in [5, 5.41) is 5.61. The topological polar surface area (TPSA) is 83.0 Å². The summed E-state index contributed by atoms with van der Waals surface area (Å²) in [4.78, 5) is 15.7. The number of benzene rings is 2. The second-order valence-corrected chi connectivity index (χ2v) is 6.92. The molecule has 138 valence electrons. The van der Waals surface area contributed by atoms with Crippen LogP contribution in [0.15, 0.2) is 66.9 Å². The minimum absolute atomic E-state index is 0.0891. The summed E-state index contributed by atoms with van der Waals surface area (Å²) in [6.07, 6.45) is 2.71. The Morgan fingerprint density at radius 2 is 1.68 bits per heavy atom. The van der Waals surface area contributed by atoms with Gasteiger partial charge < -0.3 is 10.5 Å². The number of hydrogen-bond donors (Lipinski definition) is 1. The molecule has 0 spiro atoms. The minimum atomic E-state index is 0.0891. The Kier molecular flexibility index (Phi) is 3.83. The third kappa shape index (κ3) is 2.79. The van der Waals surface area contributed by atoms with Crippen LogP contribution in [-0.4, -0.2) is 20.5 Å². The fourth-order valence-corrected chi connectivity index (χ4v) is 3.54. The smallest absolute Gasteiger partial charge is 0.137 e. The van der Waals surface area contributed by atoms with Crippen LogP contribution in [0.2, 0.25) is 0 Å². The van der Waals surface area contributed by atoms with Crippen LogP contribution in [-0.2, 0) is 4.79 Å².